The zero-order valence-electron chi connectivity index (χ0n) is 17.2. The van der Waals surface area contributed by atoms with Crippen LogP contribution in [0.25, 0.3) is 0 Å². The van der Waals surface area contributed by atoms with Crippen LogP contribution < -0.4 is 16.0 Å². The summed E-state index contributed by atoms with van der Waals surface area (Å²) in [6.07, 6.45) is 9.48. The molecule has 2 atom stereocenters. The minimum Gasteiger partial charge on any atom is -0.352 e. The van der Waals surface area contributed by atoms with E-state index < -0.39 is 12.1 Å². The highest BCUT2D eigenvalue weighted by Crippen LogP contribution is 2.09. The Labute approximate surface area is 166 Å². The van der Waals surface area contributed by atoms with E-state index >= 15 is 0 Å². The summed E-state index contributed by atoms with van der Waals surface area (Å²) in [7, 11) is 0. The van der Waals surface area contributed by atoms with Crippen LogP contribution in [0.3, 0.4) is 0 Å². The molecule has 0 saturated carbocycles. The Bertz CT molecular complexity index is 671. The quantitative estimate of drug-likeness (QED) is 0.706. The Morgan fingerprint density at radius 1 is 1.18 bits per heavy atom. The first-order valence-corrected chi connectivity index (χ1v) is 10.3. The van der Waals surface area contributed by atoms with Crippen LogP contribution in [0.15, 0.2) is 12.5 Å². The van der Waals surface area contributed by atoms with Crippen LogP contribution >= 0.6 is 0 Å². The SMILES string of the molecule is CC(C)NC(=O)C1Cc2cn(cn2)CCCCCCCC(=O)N[C@@H](C)C(=O)N1. The fourth-order valence-electron chi connectivity index (χ4n) is 3.22. The molecule has 2 rings (SSSR count). The fraction of sp³-hybridized carbons (Fsp3) is 0.700. The topological polar surface area (TPSA) is 105 Å². The number of carbonyl (C=O) groups excluding carboxylic acids is 3. The van der Waals surface area contributed by atoms with Crippen LogP contribution in [0.1, 0.15) is 65.0 Å². The number of amides is 3. The molecule has 2 heterocycles. The van der Waals surface area contributed by atoms with Gasteiger partial charge in [-0.15, -0.1) is 0 Å². The summed E-state index contributed by atoms with van der Waals surface area (Å²) in [5, 5.41) is 8.34. The summed E-state index contributed by atoms with van der Waals surface area (Å²) in [6, 6.07) is -1.48. The average Bonchev–Trinajstić information content (AvgIpc) is 3.06. The molecule has 8 nitrogen and oxygen atoms in total. The molecule has 8 heteroatoms. The predicted octanol–water partition coefficient (Wildman–Crippen LogP) is 1.29. The molecule has 1 aliphatic rings. The highest BCUT2D eigenvalue weighted by atomic mass is 16.2. The van der Waals surface area contributed by atoms with Gasteiger partial charge in [0, 0.05) is 31.6 Å². The second kappa shape index (κ2) is 10.8. The Morgan fingerprint density at radius 2 is 1.89 bits per heavy atom. The number of nitrogens with one attached hydrogen (secondary N) is 3. The number of rotatable bonds is 2. The third-order valence-corrected chi connectivity index (χ3v) is 4.75. The molecule has 0 fully saturated rings. The van der Waals surface area contributed by atoms with Crippen molar-refractivity contribution in [2.45, 2.75) is 90.4 Å². The first-order chi connectivity index (χ1) is 13.3. The Kier molecular flexibility index (Phi) is 8.47. The molecule has 0 aliphatic carbocycles. The second-order valence-electron chi connectivity index (χ2n) is 7.84. The lowest BCUT2D eigenvalue weighted by Gasteiger charge is -2.22. The molecule has 1 aromatic heterocycles. The van der Waals surface area contributed by atoms with Crippen LogP contribution in [0.2, 0.25) is 0 Å². The fourth-order valence-corrected chi connectivity index (χ4v) is 3.22. The van der Waals surface area contributed by atoms with Gasteiger partial charge in [0.2, 0.25) is 17.7 Å². The first kappa shape index (κ1) is 21.9. The summed E-state index contributed by atoms with van der Waals surface area (Å²) in [5.74, 6) is -0.761. The zero-order chi connectivity index (χ0) is 20.5. The van der Waals surface area contributed by atoms with Crippen LogP contribution in [0.4, 0.5) is 0 Å². The van der Waals surface area contributed by atoms with Crippen molar-refractivity contribution in [2.24, 2.45) is 0 Å². The second-order valence-corrected chi connectivity index (χ2v) is 7.84. The average molecular weight is 392 g/mol. The van der Waals surface area contributed by atoms with Gasteiger partial charge in [-0.25, -0.2) is 4.98 Å². The van der Waals surface area contributed by atoms with Crippen LogP contribution in [-0.2, 0) is 27.3 Å². The van der Waals surface area contributed by atoms with Gasteiger partial charge in [-0.2, -0.15) is 0 Å². The molecule has 3 amide bonds. The summed E-state index contributed by atoms with van der Waals surface area (Å²) >= 11 is 0. The van der Waals surface area contributed by atoms with Gasteiger partial charge >= 0.3 is 0 Å². The van der Waals surface area contributed by atoms with Crippen molar-refractivity contribution >= 4 is 17.7 Å². The van der Waals surface area contributed by atoms with Crippen molar-refractivity contribution in [3.8, 4) is 0 Å². The standard InChI is InChI=1S/C20H33N5O3/c1-14(2)22-20(28)17-11-16-12-25(13-21-16)10-8-6-4-5-7-9-18(26)23-15(3)19(27)24-17/h12-15,17H,4-11H2,1-3H3,(H,22,28)(H,23,26)(H,24,27)/t15-,17?/m0/s1. The number of carbonyl (C=O) groups is 3. The Morgan fingerprint density at radius 3 is 2.64 bits per heavy atom. The van der Waals surface area contributed by atoms with E-state index in [9.17, 15) is 14.4 Å². The lowest BCUT2D eigenvalue weighted by atomic mass is 10.1. The minimum atomic E-state index is -0.742. The van der Waals surface area contributed by atoms with E-state index in [0.29, 0.717) is 12.8 Å². The number of imidazole rings is 1. The monoisotopic (exact) mass is 391 g/mol. The molecule has 0 spiro atoms. The molecule has 2 bridgehead atoms. The zero-order valence-corrected chi connectivity index (χ0v) is 17.2. The molecule has 156 valence electrons. The van der Waals surface area contributed by atoms with Crippen molar-refractivity contribution in [3.05, 3.63) is 18.2 Å². The molecular formula is C20H33N5O3. The Balaban J connectivity index is 2.14. The van der Waals surface area contributed by atoms with Crippen LogP contribution in [-0.4, -0.2) is 45.4 Å². The predicted molar refractivity (Wildman–Crippen MR) is 106 cm³/mol. The van der Waals surface area contributed by atoms with Crippen LogP contribution in [0.5, 0.6) is 0 Å². The molecule has 3 N–H and O–H groups in total. The third-order valence-electron chi connectivity index (χ3n) is 4.75. The molecule has 0 aromatic carbocycles. The molecule has 0 saturated heterocycles. The number of hydrogen-bond acceptors (Lipinski definition) is 4. The third kappa shape index (κ3) is 7.32. The normalized spacial score (nSPS) is 22.9. The molecule has 1 aromatic rings. The lowest BCUT2D eigenvalue weighted by Crippen LogP contribution is -2.54. The van der Waals surface area contributed by atoms with E-state index in [1.165, 1.54) is 0 Å². The van der Waals surface area contributed by atoms with E-state index in [2.05, 4.69) is 20.9 Å². The minimum absolute atomic E-state index is 0.0387. The van der Waals surface area contributed by atoms with E-state index in [1.807, 2.05) is 24.6 Å². The molecular weight excluding hydrogens is 358 g/mol. The maximum Gasteiger partial charge on any atom is 0.243 e. The van der Waals surface area contributed by atoms with Gasteiger partial charge < -0.3 is 20.5 Å². The number of nitrogens with zero attached hydrogens (tertiary/aromatic N) is 2. The van der Waals surface area contributed by atoms with Gasteiger partial charge in [-0.3, -0.25) is 14.4 Å². The molecule has 0 radical (unpaired) electrons. The molecule has 1 aliphatic heterocycles. The van der Waals surface area contributed by atoms with Gasteiger partial charge in [-0.05, 0) is 33.6 Å². The van der Waals surface area contributed by atoms with E-state index in [1.54, 1.807) is 13.3 Å². The summed E-state index contributed by atoms with van der Waals surface area (Å²) < 4.78 is 2.03. The largest absolute Gasteiger partial charge is 0.352 e. The van der Waals surface area contributed by atoms with Crippen molar-refractivity contribution in [1.29, 1.82) is 0 Å². The van der Waals surface area contributed by atoms with Crippen molar-refractivity contribution in [3.63, 3.8) is 0 Å². The van der Waals surface area contributed by atoms with E-state index in [0.717, 1.165) is 44.3 Å². The molecule has 28 heavy (non-hydrogen) atoms. The highest BCUT2D eigenvalue weighted by molar-refractivity contribution is 5.92. The smallest absolute Gasteiger partial charge is 0.243 e. The van der Waals surface area contributed by atoms with Gasteiger partial charge in [0.05, 0.1) is 12.0 Å². The number of aryl methyl sites for hydroxylation is 1. The number of fused-ring (bicyclic) bond motifs is 2. The van der Waals surface area contributed by atoms with Crippen molar-refractivity contribution in [1.82, 2.24) is 25.5 Å². The lowest BCUT2D eigenvalue weighted by molar-refractivity contribution is -0.132. The van der Waals surface area contributed by atoms with E-state index in [-0.39, 0.29) is 23.8 Å². The van der Waals surface area contributed by atoms with Crippen LogP contribution in [0, 0.1) is 0 Å². The maximum atomic E-state index is 12.6. The van der Waals surface area contributed by atoms with Crippen molar-refractivity contribution < 1.29 is 14.4 Å². The number of aromatic nitrogens is 2. The number of hydrogen-bond donors (Lipinski definition) is 3. The summed E-state index contributed by atoms with van der Waals surface area (Å²) in [4.78, 5) is 41.6. The van der Waals surface area contributed by atoms with Gasteiger partial charge in [-0.1, -0.05) is 19.3 Å². The summed E-state index contributed by atoms with van der Waals surface area (Å²) in [5.41, 5.74) is 0.755. The van der Waals surface area contributed by atoms with Gasteiger partial charge in [0.25, 0.3) is 0 Å². The maximum absolute atomic E-state index is 12.6. The van der Waals surface area contributed by atoms with E-state index in [4.69, 9.17) is 0 Å². The van der Waals surface area contributed by atoms with Gasteiger partial charge in [0.1, 0.15) is 12.1 Å². The van der Waals surface area contributed by atoms with Crippen molar-refractivity contribution in [2.75, 3.05) is 0 Å². The molecule has 1 unspecified atom stereocenters. The van der Waals surface area contributed by atoms with Gasteiger partial charge in [0.15, 0.2) is 0 Å². The highest BCUT2D eigenvalue weighted by Gasteiger charge is 2.25. The first-order valence-electron chi connectivity index (χ1n) is 10.3. The Hall–Kier alpha value is -2.38. The summed E-state index contributed by atoms with van der Waals surface area (Å²) in [6.45, 7) is 6.25.